The van der Waals surface area contributed by atoms with Crippen LogP contribution in [0.4, 0.5) is 17.1 Å². The topological polar surface area (TPSA) is 144 Å². The van der Waals surface area contributed by atoms with Crippen molar-refractivity contribution >= 4 is 17.1 Å². The number of non-ortho nitro benzene ring substituents is 1. The lowest BCUT2D eigenvalue weighted by atomic mass is 10.2. The molecule has 1 N–H and O–H groups in total. The quantitative estimate of drug-likeness (QED) is 0.138. The standard InChI is InChI=1S/C22H37N3O9/c1-2-3-4-5-9-30-11-13-32-15-17-34-18-16-33-14-12-31-10-8-23-21-7-6-20(24(26)27)19-22(21)25(28)29/h6-7,19,23H,2-5,8-18H2,1H3. The predicted molar refractivity (Wildman–Crippen MR) is 126 cm³/mol. The lowest BCUT2D eigenvalue weighted by Crippen LogP contribution is -2.15. The zero-order chi connectivity index (χ0) is 24.9. The van der Waals surface area contributed by atoms with Crippen LogP contribution >= 0.6 is 0 Å². The first-order chi connectivity index (χ1) is 16.6. The number of rotatable bonds is 23. The van der Waals surface area contributed by atoms with Crippen molar-refractivity contribution in [2.75, 3.05) is 77.9 Å². The number of nitrogens with one attached hydrogen (secondary N) is 1. The highest BCUT2D eigenvalue weighted by molar-refractivity contribution is 5.65. The van der Waals surface area contributed by atoms with Gasteiger partial charge in [-0.15, -0.1) is 0 Å². The van der Waals surface area contributed by atoms with E-state index in [0.29, 0.717) is 66.0 Å². The highest BCUT2D eigenvalue weighted by Crippen LogP contribution is 2.28. The van der Waals surface area contributed by atoms with E-state index in [9.17, 15) is 20.2 Å². The van der Waals surface area contributed by atoms with Crippen LogP contribution in [-0.2, 0) is 23.7 Å². The molecule has 194 valence electrons. The molecule has 0 aliphatic carbocycles. The van der Waals surface area contributed by atoms with Crippen molar-refractivity contribution in [2.24, 2.45) is 0 Å². The smallest absolute Gasteiger partial charge is 0.299 e. The average Bonchev–Trinajstić information content (AvgIpc) is 2.82. The maximum Gasteiger partial charge on any atom is 0.299 e. The van der Waals surface area contributed by atoms with Gasteiger partial charge in [0, 0.05) is 19.2 Å². The van der Waals surface area contributed by atoms with E-state index in [4.69, 9.17) is 23.7 Å². The van der Waals surface area contributed by atoms with Crippen molar-refractivity contribution in [3.63, 3.8) is 0 Å². The molecule has 0 aliphatic rings. The minimum Gasteiger partial charge on any atom is -0.379 e. The normalized spacial score (nSPS) is 11.0. The number of ether oxygens (including phenoxy) is 5. The van der Waals surface area contributed by atoms with Gasteiger partial charge in [-0.2, -0.15) is 0 Å². The van der Waals surface area contributed by atoms with Crippen molar-refractivity contribution < 1.29 is 33.5 Å². The van der Waals surface area contributed by atoms with E-state index in [-0.39, 0.29) is 17.1 Å². The third kappa shape index (κ3) is 14.7. The second-order valence-electron chi connectivity index (χ2n) is 7.26. The highest BCUT2D eigenvalue weighted by atomic mass is 16.6. The Morgan fingerprint density at radius 1 is 0.706 bits per heavy atom. The molecule has 0 unspecified atom stereocenters. The molecule has 0 saturated heterocycles. The summed E-state index contributed by atoms with van der Waals surface area (Å²) in [4.78, 5) is 20.5. The number of unbranched alkanes of at least 4 members (excludes halogenated alkanes) is 3. The predicted octanol–water partition coefficient (Wildman–Crippen LogP) is 3.58. The number of nitro groups is 2. The van der Waals surface area contributed by atoms with Crippen LogP contribution < -0.4 is 5.32 Å². The number of nitro benzene ring substituents is 2. The third-order valence-electron chi connectivity index (χ3n) is 4.58. The van der Waals surface area contributed by atoms with Crippen LogP contribution in [0.2, 0.25) is 0 Å². The van der Waals surface area contributed by atoms with E-state index in [1.165, 1.54) is 31.4 Å². The minimum atomic E-state index is -0.674. The summed E-state index contributed by atoms with van der Waals surface area (Å²) in [6.07, 6.45) is 4.80. The average molecular weight is 488 g/mol. The monoisotopic (exact) mass is 487 g/mol. The van der Waals surface area contributed by atoms with Gasteiger partial charge < -0.3 is 29.0 Å². The van der Waals surface area contributed by atoms with Gasteiger partial charge in [0.25, 0.3) is 11.4 Å². The summed E-state index contributed by atoms with van der Waals surface area (Å²) in [5, 5.41) is 24.7. The van der Waals surface area contributed by atoms with Crippen LogP contribution in [0.5, 0.6) is 0 Å². The number of benzene rings is 1. The second-order valence-corrected chi connectivity index (χ2v) is 7.26. The fourth-order valence-electron chi connectivity index (χ4n) is 2.80. The molecule has 0 saturated carbocycles. The Hall–Kier alpha value is -2.38. The van der Waals surface area contributed by atoms with Gasteiger partial charge in [-0.05, 0) is 12.5 Å². The molecule has 0 aliphatic heterocycles. The summed E-state index contributed by atoms with van der Waals surface area (Å²) >= 11 is 0. The first kappa shape index (κ1) is 29.7. The molecule has 0 spiro atoms. The molecule has 1 rings (SSSR count). The van der Waals surface area contributed by atoms with Crippen LogP contribution in [0, 0.1) is 20.2 Å². The maximum atomic E-state index is 11.1. The fraction of sp³-hybridized carbons (Fsp3) is 0.727. The molecule has 12 nitrogen and oxygen atoms in total. The number of hydrogen-bond acceptors (Lipinski definition) is 10. The van der Waals surface area contributed by atoms with Crippen molar-refractivity contribution in [1.29, 1.82) is 0 Å². The minimum absolute atomic E-state index is 0.200. The van der Waals surface area contributed by atoms with E-state index in [0.717, 1.165) is 19.1 Å². The molecular weight excluding hydrogens is 450 g/mol. The molecule has 34 heavy (non-hydrogen) atoms. The van der Waals surface area contributed by atoms with Gasteiger partial charge in [0.2, 0.25) is 0 Å². The largest absolute Gasteiger partial charge is 0.379 e. The van der Waals surface area contributed by atoms with Crippen molar-refractivity contribution in [2.45, 2.75) is 32.6 Å². The van der Waals surface area contributed by atoms with E-state index in [1.807, 2.05) is 0 Å². The number of anilines is 1. The zero-order valence-electron chi connectivity index (χ0n) is 19.9. The highest BCUT2D eigenvalue weighted by Gasteiger charge is 2.18. The lowest BCUT2D eigenvalue weighted by molar-refractivity contribution is -0.393. The summed E-state index contributed by atoms with van der Waals surface area (Å²) in [5.74, 6) is 0. The molecule has 1 aromatic rings. The van der Waals surface area contributed by atoms with Crippen molar-refractivity contribution in [1.82, 2.24) is 0 Å². The Bertz CT molecular complexity index is 692. The Kier molecular flexibility index (Phi) is 17.5. The van der Waals surface area contributed by atoms with Crippen LogP contribution in [-0.4, -0.2) is 82.5 Å². The van der Waals surface area contributed by atoms with Crippen molar-refractivity contribution in [3.8, 4) is 0 Å². The van der Waals surface area contributed by atoms with Crippen LogP contribution in [0.25, 0.3) is 0 Å². The van der Waals surface area contributed by atoms with Gasteiger partial charge in [-0.3, -0.25) is 20.2 Å². The van der Waals surface area contributed by atoms with Gasteiger partial charge in [-0.1, -0.05) is 26.2 Å². The first-order valence-electron chi connectivity index (χ1n) is 11.6. The Morgan fingerprint density at radius 2 is 1.24 bits per heavy atom. The molecule has 0 heterocycles. The maximum absolute atomic E-state index is 11.1. The summed E-state index contributed by atoms with van der Waals surface area (Å²) < 4.78 is 27.1. The second kappa shape index (κ2) is 20.0. The van der Waals surface area contributed by atoms with E-state index < -0.39 is 9.85 Å². The molecule has 0 atom stereocenters. The number of hydrogen-bond donors (Lipinski definition) is 1. The summed E-state index contributed by atoms with van der Waals surface area (Å²) in [7, 11) is 0. The van der Waals surface area contributed by atoms with Gasteiger partial charge in [0.05, 0.1) is 75.4 Å². The van der Waals surface area contributed by atoms with Gasteiger partial charge in [-0.25, -0.2) is 0 Å². The van der Waals surface area contributed by atoms with E-state index in [2.05, 4.69) is 12.2 Å². The van der Waals surface area contributed by atoms with Crippen LogP contribution in [0.15, 0.2) is 18.2 Å². The zero-order valence-corrected chi connectivity index (χ0v) is 19.9. The molecule has 0 aromatic heterocycles. The molecule has 12 heteroatoms. The molecule has 0 radical (unpaired) electrons. The van der Waals surface area contributed by atoms with Gasteiger partial charge in [0.1, 0.15) is 5.69 Å². The molecule has 1 aromatic carbocycles. The van der Waals surface area contributed by atoms with Crippen LogP contribution in [0.3, 0.4) is 0 Å². The Labute approximate surface area is 200 Å². The Morgan fingerprint density at radius 3 is 1.74 bits per heavy atom. The summed E-state index contributed by atoms with van der Waals surface area (Å²) in [6, 6.07) is 3.45. The van der Waals surface area contributed by atoms with Gasteiger partial charge in [0.15, 0.2) is 0 Å². The van der Waals surface area contributed by atoms with Gasteiger partial charge >= 0.3 is 0 Å². The first-order valence-corrected chi connectivity index (χ1v) is 11.6. The Balaban J connectivity index is 1.90. The molecule has 0 fully saturated rings. The fourth-order valence-corrected chi connectivity index (χ4v) is 2.80. The summed E-state index contributed by atoms with van der Waals surface area (Å²) in [6.45, 7) is 7.44. The molecule has 0 bridgehead atoms. The molecule has 0 amide bonds. The third-order valence-corrected chi connectivity index (χ3v) is 4.58. The SMILES string of the molecule is CCCCCCOCCOCCOCCOCCOCCNc1ccc([N+](=O)[O-])cc1[N+](=O)[O-]. The van der Waals surface area contributed by atoms with E-state index >= 15 is 0 Å². The lowest BCUT2D eigenvalue weighted by Gasteiger charge is -2.09. The molecular formula is C22H37N3O9. The van der Waals surface area contributed by atoms with E-state index in [1.54, 1.807) is 0 Å². The number of nitrogens with zero attached hydrogens (tertiary/aromatic N) is 2. The van der Waals surface area contributed by atoms with Crippen molar-refractivity contribution in [3.05, 3.63) is 38.4 Å². The van der Waals surface area contributed by atoms with Crippen LogP contribution in [0.1, 0.15) is 32.6 Å². The summed E-state index contributed by atoms with van der Waals surface area (Å²) in [5.41, 5.74) is -0.485.